The number of thioether (sulfide) groups is 1. The molecule has 5 nitrogen and oxygen atoms in total. The molecule has 1 aliphatic heterocycles. The number of fused-ring (bicyclic) bond motifs is 1. The summed E-state index contributed by atoms with van der Waals surface area (Å²) < 4.78 is 0.480. The predicted molar refractivity (Wildman–Crippen MR) is 104 cm³/mol. The van der Waals surface area contributed by atoms with Crippen molar-refractivity contribution in [3.05, 3.63) is 45.5 Å². The number of aromatic nitrogens is 2. The highest BCUT2D eigenvalue weighted by Gasteiger charge is 2.22. The van der Waals surface area contributed by atoms with E-state index in [-0.39, 0.29) is 5.91 Å². The van der Waals surface area contributed by atoms with Crippen molar-refractivity contribution in [2.45, 2.75) is 0 Å². The Balaban J connectivity index is 1.72. The van der Waals surface area contributed by atoms with E-state index in [0.717, 1.165) is 21.3 Å². The first-order valence-corrected chi connectivity index (χ1v) is 9.06. The molecule has 1 amide bonds. The van der Waals surface area contributed by atoms with E-state index < -0.39 is 0 Å². The number of benzene rings is 1. The second-order valence-electron chi connectivity index (χ2n) is 5.04. The molecule has 0 radical (unpaired) electrons. The van der Waals surface area contributed by atoms with Gasteiger partial charge >= 0.3 is 0 Å². The maximum atomic E-state index is 11.7. The molecule has 24 heavy (non-hydrogen) atoms. The van der Waals surface area contributed by atoms with E-state index in [2.05, 4.69) is 15.3 Å². The lowest BCUT2D eigenvalue weighted by molar-refractivity contribution is -0.115. The monoisotopic (exact) mass is 370 g/mol. The molecule has 0 atom stereocenters. The van der Waals surface area contributed by atoms with Crippen LogP contribution in [-0.2, 0) is 4.79 Å². The molecule has 118 valence electrons. The highest BCUT2D eigenvalue weighted by molar-refractivity contribution is 8.26. The Morgan fingerprint density at radius 1 is 1.25 bits per heavy atom. The summed E-state index contributed by atoms with van der Waals surface area (Å²) >= 11 is 7.77. The molecule has 0 bridgehead atoms. The third kappa shape index (κ3) is 2.79. The summed E-state index contributed by atoms with van der Waals surface area (Å²) in [4.78, 5) is 22.2. The van der Waals surface area contributed by atoms with E-state index in [1.807, 2.05) is 41.8 Å². The van der Waals surface area contributed by atoms with Crippen LogP contribution in [0.4, 0.5) is 5.82 Å². The Labute approximate surface area is 151 Å². The largest absolute Gasteiger partial charge is 0.383 e. The molecule has 0 spiro atoms. The molecule has 1 aromatic carbocycles. The highest BCUT2D eigenvalue weighted by Crippen LogP contribution is 2.31. The van der Waals surface area contributed by atoms with Gasteiger partial charge in [0.1, 0.15) is 10.1 Å². The van der Waals surface area contributed by atoms with Crippen molar-refractivity contribution in [1.29, 1.82) is 0 Å². The molecule has 3 aromatic rings. The molecule has 2 aromatic heterocycles. The number of amides is 1. The lowest BCUT2D eigenvalue weighted by Crippen LogP contribution is -2.17. The summed E-state index contributed by atoms with van der Waals surface area (Å²) in [6, 6.07) is 9.58. The van der Waals surface area contributed by atoms with Gasteiger partial charge in [0.25, 0.3) is 5.91 Å². The van der Waals surface area contributed by atoms with E-state index in [9.17, 15) is 4.79 Å². The lowest BCUT2D eigenvalue weighted by Gasteiger charge is -2.03. The number of rotatable bonds is 2. The molecule has 0 saturated carbocycles. The van der Waals surface area contributed by atoms with Crippen molar-refractivity contribution in [2.24, 2.45) is 0 Å². The van der Waals surface area contributed by atoms with Gasteiger partial charge in [-0.15, -0.1) is 11.3 Å². The summed E-state index contributed by atoms with van der Waals surface area (Å²) in [5.41, 5.74) is 7.71. The molecule has 3 N–H and O–H groups in total. The van der Waals surface area contributed by atoms with Crippen LogP contribution in [0.2, 0.25) is 0 Å². The van der Waals surface area contributed by atoms with Crippen LogP contribution in [0.3, 0.4) is 0 Å². The molecule has 3 heterocycles. The third-order valence-electron chi connectivity index (χ3n) is 3.43. The van der Waals surface area contributed by atoms with E-state index in [1.165, 1.54) is 23.1 Å². The van der Waals surface area contributed by atoms with Crippen molar-refractivity contribution in [2.75, 3.05) is 5.73 Å². The Kier molecular flexibility index (Phi) is 3.79. The van der Waals surface area contributed by atoms with Gasteiger partial charge in [-0.3, -0.25) is 4.79 Å². The van der Waals surface area contributed by atoms with E-state index in [1.54, 1.807) is 0 Å². The van der Waals surface area contributed by atoms with Crippen LogP contribution < -0.4 is 11.1 Å². The smallest absolute Gasteiger partial charge is 0.263 e. The zero-order chi connectivity index (χ0) is 16.7. The number of hydrogen-bond acceptors (Lipinski definition) is 7. The van der Waals surface area contributed by atoms with Gasteiger partial charge in [-0.05, 0) is 24.3 Å². The van der Waals surface area contributed by atoms with Gasteiger partial charge in [-0.2, -0.15) is 0 Å². The van der Waals surface area contributed by atoms with Gasteiger partial charge in [0, 0.05) is 21.2 Å². The minimum atomic E-state index is -0.161. The zero-order valence-corrected chi connectivity index (χ0v) is 14.6. The summed E-state index contributed by atoms with van der Waals surface area (Å²) in [5.74, 6) is 0.870. The molecular formula is C16H10N4OS3. The molecular weight excluding hydrogens is 360 g/mol. The van der Waals surface area contributed by atoms with E-state index >= 15 is 0 Å². The first-order valence-electron chi connectivity index (χ1n) is 6.96. The van der Waals surface area contributed by atoms with Crippen LogP contribution in [0.5, 0.6) is 0 Å². The number of anilines is 1. The fraction of sp³-hybridized carbons (Fsp3) is 0. The van der Waals surface area contributed by atoms with Crippen LogP contribution in [0.25, 0.3) is 28.4 Å². The Morgan fingerprint density at radius 3 is 2.88 bits per heavy atom. The second-order valence-corrected chi connectivity index (χ2v) is 7.70. The molecule has 8 heteroatoms. The van der Waals surface area contributed by atoms with E-state index in [4.69, 9.17) is 18.0 Å². The first kappa shape index (κ1) is 15.3. The Hall–Kier alpha value is -2.29. The van der Waals surface area contributed by atoms with Gasteiger partial charge in [0.05, 0.1) is 10.4 Å². The minimum absolute atomic E-state index is 0.161. The number of nitrogens with zero attached hydrogens (tertiary/aromatic N) is 2. The third-order valence-corrected chi connectivity index (χ3v) is 5.47. The van der Waals surface area contributed by atoms with Gasteiger partial charge < -0.3 is 11.1 Å². The van der Waals surface area contributed by atoms with Crippen molar-refractivity contribution in [3.63, 3.8) is 0 Å². The number of para-hydroxylation sites is 1. The van der Waals surface area contributed by atoms with Crippen LogP contribution >= 0.6 is 35.3 Å². The zero-order valence-electron chi connectivity index (χ0n) is 12.1. The van der Waals surface area contributed by atoms with Crippen LogP contribution in [-0.4, -0.2) is 20.2 Å². The topological polar surface area (TPSA) is 80.9 Å². The molecule has 0 unspecified atom stereocenters. The highest BCUT2D eigenvalue weighted by atomic mass is 32.2. The van der Waals surface area contributed by atoms with Gasteiger partial charge in [-0.1, -0.05) is 36.1 Å². The summed E-state index contributed by atoms with van der Waals surface area (Å²) in [6.45, 7) is 0. The van der Waals surface area contributed by atoms with Crippen molar-refractivity contribution >= 4 is 68.3 Å². The Bertz CT molecular complexity index is 1030. The molecule has 1 fully saturated rings. The van der Waals surface area contributed by atoms with Gasteiger partial charge in [-0.25, -0.2) is 9.97 Å². The SMILES string of the molecule is Nc1nc(-c2csc(/C=C3\SC(=S)NC3=O)c2)nc2ccccc12. The lowest BCUT2D eigenvalue weighted by atomic mass is 10.2. The number of thiocarbonyl (C=S) groups is 1. The van der Waals surface area contributed by atoms with Crippen molar-refractivity contribution < 1.29 is 4.79 Å². The molecule has 1 aliphatic rings. The number of thiophene rings is 1. The van der Waals surface area contributed by atoms with Crippen molar-refractivity contribution in [1.82, 2.24) is 15.3 Å². The predicted octanol–water partition coefficient (Wildman–Crippen LogP) is 3.43. The van der Waals surface area contributed by atoms with Crippen LogP contribution in [0.15, 0.2) is 40.6 Å². The molecule has 4 rings (SSSR count). The fourth-order valence-corrected chi connectivity index (χ4v) is 4.25. The van der Waals surface area contributed by atoms with Crippen molar-refractivity contribution in [3.8, 4) is 11.4 Å². The number of nitrogens with two attached hydrogens (primary N) is 1. The quantitative estimate of drug-likeness (QED) is 0.531. The number of carbonyl (C=O) groups excluding carboxylic acids is 1. The maximum Gasteiger partial charge on any atom is 0.263 e. The molecule has 0 aliphatic carbocycles. The normalized spacial score (nSPS) is 16.1. The average Bonchev–Trinajstić information content (AvgIpc) is 3.14. The van der Waals surface area contributed by atoms with Gasteiger partial charge in [0.15, 0.2) is 5.82 Å². The maximum absolute atomic E-state index is 11.7. The summed E-state index contributed by atoms with van der Waals surface area (Å²) in [7, 11) is 0. The number of nitrogen functional groups attached to an aromatic ring is 1. The summed E-state index contributed by atoms with van der Waals surface area (Å²) in [5, 5.41) is 5.39. The Morgan fingerprint density at radius 2 is 2.08 bits per heavy atom. The number of nitrogens with one attached hydrogen (secondary N) is 1. The fourth-order valence-electron chi connectivity index (χ4n) is 2.33. The van der Waals surface area contributed by atoms with Crippen LogP contribution in [0.1, 0.15) is 4.88 Å². The number of carbonyl (C=O) groups is 1. The molecule has 1 saturated heterocycles. The van der Waals surface area contributed by atoms with Gasteiger partial charge in [0.2, 0.25) is 0 Å². The standard InChI is InChI=1S/C16H10N4OS3/c17-13-10-3-1-2-4-11(10)18-14(19-13)8-5-9(23-7-8)6-12-15(21)20-16(22)24-12/h1-7H,(H2,17,18,19)(H,20,21,22)/b12-6-. The summed E-state index contributed by atoms with van der Waals surface area (Å²) in [6.07, 6.45) is 1.82. The first-order chi connectivity index (χ1) is 11.6. The average molecular weight is 370 g/mol. The number of hydrogen-bond donors (Lipinski definition) is 2. The second kappa shape index (κ2) is 5.97. The van der Waals surface area contributed by atoms with E-state index in [0.29, 0.717) is 20.9 Å². The van der Waals surface area contributed by atoms with Crippen LogP contribution in [0, 0.1) is 0 Å². The minimum Gasteiger partial charge on any atom is -0.383 e.